The van der Waals surface area contributed by atoms with Crippen molar-refractivity contribution in [1.29, 1.82) is 0 Å². The van der Waals surface area contributed by atoms with Crippen molar-refractivity contribution in [1.82, 2.24) is 9.78 Å². The Morgan fingerprint density at radius 3 is 2.48 bits per heavy atom. The third-order valence-corrected chi connectivity index (χ3v) is 3.34. The lowest BCUT2D eigenvalue weighted by Gasteiger charge is -2.06. The van der Waals surface area contributed by atoms with E-state index in [9.17, 15) is 18.0 Å². The Hall–Kier alpha value is -2.02. The van der Waals surface area contributed by atoms with Crippen molar-refractivity contribution >= 4 is 17.6 Å². The van der Waals surface area contributed by atoms with Gasteiger partial charge in [0.15, 0.2) is 5.69 Å². The molecule has 2 rings (SSSR count). The standard InChI is InChI=1S/C13H10ClF3N2O2/c1-7-4-2-3-5-8(7)6-19-11(14)9(12(20)21)10(18-19)13(15,16)17/h2-5H,6H2,1H3,(H,20,21). The fraction of sp³-hybridized carbons (Fsp3) is 0.231. The van der Waals surface area contributed by atoms with Crippen LogP contribution in [-0.4, -0.2) is 20.9 Å². The van der Waals surface area contributed by atoms with Crippen LogP contribution in [-0.2, 0) is 12.7 Å². The van der Waals surface area contributed by atoms with Crippen LogP contribution in [0.2, 0.25) is 5.15 Å². The van der Waals surface area contributed by atoms with E-state index in [2.05, 4.69) is 5.10 Å². The lowest BCUT2D eigenvalue weighted by atomic mass is 10.1. The zero-order valence-corrected chi connectivity index (χ0v) is 11.5. The Morgan fingerprint density at radius 1 is 1.38 bits per heavy atom. The van der Waals surface area contributed by atoms with Crippen molar-refractivity contribution in [3.05, 3.63) is 51.8 Å². The lowest BCUT2D eigenvalue weighted by Crippen LogP contribution is -2.12. The van der Waals surface area contributed by atoms with Crippen molar-refractivity contribution in [3.8, 4) is 0 Å². The summed E-state index contributed by atoms with van der Waals surface area (Å²) >= 11 is 5.75. The van der Waals surface area contributed by atoms with Crippen LogP contribution in [0.1, 0.15) is 27.2 Å². The Bertz CT molecular complexity index is 695. The highest BCUT2D eigenvalue weighted by molar-refractivity contribution is 6.32. The van der Waals surface area contributed by atoms with Gasteiger partial charge in [-0.1, -0.05) is 35.9 Å². The minimum absolute atomic E-state index is 0.0398. The summed E-state index contributed by atoms with van der Waals surface area (Å²) in [7, 11) is 0. The smallest absolute Gasteiger partial charge is 0.436 e. The zero-order valence-electron chi connectivity index (χ0n) is 10.8. The summed E-state index contributed by atoms with van der Waals surface area (Å²) in [5.74, 6) is -1.76. The largest absolute Gasteiger partial charge is 0.478 e. The molecular formula is C13H10ClF3N2O2. The third-order valence-electron chi connectivity index (χ3n) is 2.95. The predicted octanol–water partition coefficient (Wildman–Crippen LogP) is 3.61. The van der Waals surface area contributed by atoms with Gasteiger partial charge >= 0.3 is 12.1 Å². The molecule has 112 valence electrons. The summed E-state index contributed by atoms with van der Waals surface area (Å²) < 4.78 is 39.3. The molecule has 0 spiro atoms. The molecule has 2 aromatic rings. The van der Waals surface area contributed by atoms with Crippen molar-refractivity contribution in [2.45, 2.75) is 19.6 Å². The van der Waals surface area contributed by atoms with Gasteiger partial charge in [0.25, 0.3) is 0 Å². The second-order valence-electron chi connectivity index (χ2n) is 4.40. The summed E-state index contributed by atoms with van der Waals surface area (Å²) in [6, 6.07) is 7.01. The van der Waals surface area contributed by atoms with Crippen LogP contribution in [0, 0.1) is 6.92 Å². The molecule has 0 aliphatic heterocycles. The molecule has 0 aliphatic carbocycles. The summed E-state index contributed by atoms with van der Waals surface area (Å²) in [4.78, 5) is 11.0. The molecule has 0 saturated heterocycles. The van der Waals surface area contributed by atoms with Gasteiger partial charge in [0.2, 0.25) is 0 Å². The van der Waals surface area contributed by atoms with Crippen LogP contribution in [0.3, 0.4) is 0 Å². The highest BCUT2D eigenvalue weighted by atomic mass is 35.5. The van der Waals surface area contributed by atoms with E-state index in [1.807, 2.05) is 0 Å². The van der Waals surface area contributed by atoms with Gasteiger partial charge in [0.1, 0.15) is 10.7 Å². The number of nitrogens with zero attached hydrogens (tertiary/aromatic N) is 2. The molecule has 1 aromatic carbocycles. The van der Waals surface area contributed by atoms with Crippen LogP contribution >= 0.6 is 11.6 Å². The molecule has 1 N–H and O–H groups in total. The van der Waals surface area contributed by atoms with Crippen molar-refractivity contribution in [3.63, 3.8) is 0 Å². The topological polar surface area (TPSA) is 55.1 Å². The molecule has 0 radical (unpaired) electrons. The average molecular weight is 319 g/mol. The van der Waals surface area contributed by atoms with Crippen LogP contribution in [0.25, 0.3) is 0 Å². The molecular weight excluding hydrogens is 309 g/mol. The minimum atomic E-state index is -4.88. The number of aryl methyl sites for hydroxylation is 1. The molecule has 1 aromatic heterocycles. The normalized spacial score (nSPS) is 11.7. The van der Waals surface area contributed by atoms with E-state index in [0.29, 0.717) is 5.56 Å². The van der Waals surface area contributed by atoms with Crippen LogP contribution in [0.4, 0.5) is 13.2 Å². The summed E-state index contributed by atoms with van der Waals surface area (Å²) in [5, 5.41) is 11.7. The van der Waals surface area contributed by atoms with E-state index < -0.39 is 28.6 Å². The van der Waals surface area contributed by atoms with Crippen molar-refractivity contribution in [2.75, 3.05) is 0 Å². The number of rotatable bonds is 3. The van der Waals surface area contributed by atoms with E-state index in [1.54, 1.807) is 31.2 Å². The summed E-state index contributed by atoms with van der Waals surface area (Å²) in [6.45, 7) is 1.75. The van der Waals surface area contributed by atoms with Gasteiger partial charge in [0, 0.05) is 0 Å². The number of carboxylic acid groups (broad SMARTS) is 1. The number of hydrogen-bond donors (Lipinski definition) is 1. The Balaban J connectivity index is 2.51. The number of hydrogen-bond acceptors (Lipinski definition) is 2. The van der Waals surface area contributed by atoms with Gasteiger partial charge in [0.05, 0.1) is 6.54 Å². The van der Waals surface area contributed by atoms with E-state index in [-0.39, 0.29) is 6.54 Å². The molecule has 0 fully saturated rings. The first-order valence-corrected chi connectivity index (χ1v) is 6.21. The molecule has 8 heteroatoms. The molecule has 0 amide bonds. The first-order chi connectivity index (χ1) is 9.71. The fourth-order valence-electron chi connectivity index (χ4n) is 1.88. The predicted molar refractivity (Wildman–Crippen MR) is 69.5 cm³/mol. The highest BCUT2D eigenvalue weighted by Gasteiger charge is 2.41. The number of aromatic nitrogens is 2. The maximum Gasteiger partial charge on any atom is 0.436 e. The van der Waals surface area contributed by atoms with E-state index in [1.165, 1.54) is 0 Å². The molecule has 1 heterocycles. The SMILES string of the molecule is Cc1ccccc1Cn1nc(C(F)(F)F)c(C(=O)O)c1Cl. The van der Waals surface area contributed by atoms with Crippen LogP contribution < -0.4 is 0 Å². The number of benzene rings is 1. The van der Waals surface area contributed by atoms with Gasteiger partial charge in [-0.05, 0) is 18.1 Å². The molecule has 0 saturated carbocycles. The average Bonchev–Trinajstić information content (AvgIpc) is 2.70. The second kappa shape index (κ2) is 5.40. The second-order valence-corrected chi connectivity index (χ2v) is 4.76. The van der Waals surface area contributed by atoms with Crippen LogP contribution in [0.5, 0.6) is 0 Å². The first kappa shape index (κ1) is 15.4. The zero-order chi connectivity index (χ0) is 15.8. The van der Waals surface area contributed by atoms with Crippen molar-refractivity contribution < 1.29 is 23.1 Å². The Kier molecular flexibility index (Phi) is 3.95. The number of halogens is 4. The van der Waals surface area contributed by atoms with Gasteiger partial charge in [-0.3, -0.25) is 0 Å². The maximum absolute atomic E-state index is 12.8. The molecule has 0 aliphatic rings. The maximum atomic E-state index is 12.8. The van der Waals surface area contributed by atoms with Gasteiger partial charge < -0.3 is 5.11 Å². The van der Waals surface area contributed by atoms with E-state index in [0.717, 1.165) is 10.2 Å². The van der Waals surface area contributed by atoms with E-state index in [4.69, 9.17) is 16.7 Å². The minimum Gasteiger partial charge on any atom is -0.478 e. The summed E-state index contributed by atoms with van der Waals surface area (Å²) in [5.41, 5.74) is -0.978. The number of aromatic carboxylic acids is 1. The summed E-state index contributed by atoms with van der Waals surface area (Å²) in [6.07, 6.45) is -4.88. The lowest BCUT2D eigenvalue weighted by molar-refractivity contribution is -0.142. The highest BCUT2D eigenvalue weighted by Crippen LogP contribution is 2.34. The molecule has 4 nitrogen and oxygen atoms in total. The Labute approximate surface area is 122 Å². The molecule has 21 heavy (non-hydrogen) atoms. The third kappa shape index (κ3) is 3.02. The fourth-order valence-corrected chi connectivity index (χ4v) is 2.15. The molecule has 0 atom stereocenters. The number of carbonyl (C=O) groups is 1. The first-order valence-electron chi connectivity index (χ1n) is 5.83. The molecule has 0 bridgehead atoms. The van der Waals surface area contributed by atoms with Gasteiger partial charge in [-0.15, -0.1) is 0 Å². The number of alkyl halides is 3. The number of carboxylic acids is 1. The quantitative estimate of drug-likeness (QED) is 0.940. The van der Waals surface area contributed by atoms with Gasteiger partial charge in [-0.2, -0.15) is 18.3 Å². The van der Waals surface area contributed by atoms with E-state index >= 15 is 0 Å². The van der Waals surface area contributed by atoms with Crippen LogP contribution in [0.15, 0.2) is 24.3 Å². The van der Waals surface area contributed by atoms with Gasteiger partial charge in [-0.25, -0.2) is 9.48 Å². The van der Waals surface area contributed by atoms with Crippen molar-refractivity contribution in [2.24, 2.45) is 0 Å². The Morgan fingerprint density at radius 2 is 2.00 bits per heavy atom. The monoisotopic (exact) mass is 318 g/mol. The molecule has 0 unspecified atom stereocenters.